The summed E-state index contributed by atoms with van der Waals surface area (Å²) in [6, 6.07) is 52.2. The number of aryl methyl sites for hydroxylation is 15. The summed E-state index contributed by atoms with van der Waals surface area (Å²) < 4.78 is 6.58. The molecule has 72 heavy (non-hydrogen) atoms. The Morgan fingerprint density at radius 2 is 0.750 bits per heavy atom. The van der Waals surface area contributed by atoms with Crippen molar-refractivity contribution in [2.45, 2.75) is 101 Å². The highest BCUT2D eigenvalue weighted by Gasteiger charge is 2.17. The van der Waals surface area contributed by atoms with E-state index in [1.54, 1.807) is 0 Å². The number of hydrogen-bond donors (Lipinski definition) is 0. The van der Waals surface area contributed by atoms with Gasteiger partial charge in [-0.05, 0) is 186 Å². The Bertz CT molecular complexity index is 3310. The minimum atomic E-state index is 0.961. The second-order valence-corrected chi connectivity index (χ2v) is 20.3. The zero-order valence-electron chi connectivity index (χ0n) is 43.5. The Labute approximate surface area is 426 Å². The monoisotopic (exact) mass is 943 g/mol. The van der Waals surface area contributed by atoms with Crippen molar-refractivity contribution in [1.29, 1.82) is 0 Å². The highest BCUT2D eigenvalue weighted by Crippen LogP contribution is 2.32. The third-order valence-electron chi connectivity index (χ3n) is 14.4. The van der Waals surface area contributed by atoms with Gasteiger partial charge in [-0.1, -0.05) is 132 Å². The summed E-state index contributed by atoms with van der Waals surface area (Å²) in [5.74, 6) is 1.94. The van der Waals surface area contributed by atoms with Gasteiger partial charge >= 0.3 is 0 Å². The van der Waals surface area contributed by atoms with Crippen LogP contribution >= 0.6 is 0 Å². The van der Waals surface area contributed by atoms with Crippen LogP contribution in [0.4, 0.5) is 0 Å². The van der Waals surface area contributed by atoms with E-state index in [-0.39, 0.29) is 0 Å². The van der Waals surface area contributed by atoms with Crippen LogP contribution in [0.25, 0.3) is 51.1 Å². The van der Waals surface area contributed by atoms with Crippen LogP contribution in [-0.2, 0) is 38.5 Å². The third kappa shape index (κ3) is 10.2. The highest BCUT2D eigenvalue weighted by atomic mass is 15.3. The van der Waals surface area contributed by atoms with Gasteiger partial charge in [0, 0.05) is 41.5 Å². The van der Waals surface area contributed by atoms with Crippen molar-refractivity contribution < 1.29 is 0 Å². The van der Waals surface area contributed by atoms with E-state index in [0.717, 1.165) is 78.4 Å². The second kappa shape index (κ2) is 20.5. The van der Waals surface area contributed by atoms with Crippen molar-refractivity contribution in [3.05, 3.63) is 248 Å². The molecule has 0 saturated carbocycles. The molecule has 0 aliphatic heterocycles. The molecule has 360 valence electrons. The van der Waals surface area contributed by atoms with Gasteiger partial charge < -0.3 is 0 Å². The molecule has 3 aromatic heterocycles. The number of benzene rings is 7. The second-order valence-electron chi connectivity index (χ2n) is 20.3. The molecule has 0 atom stereocenters. The summed E-state index contributed by atoms with van der Waals surface area (Å²) in [5.41, 5.74) is 27.4. The van der Waals surface area contributed by atoms with Crippen molar-refractivity contribution in [3.63, 3.8) is 0 Å². The van der Waals surface area contributed by atoms with Gasteiger partial charge in [-0.2, -0.15) is 5.10 Å². The van der Waals surface area contributed by atoms with Crippen LogP contribution in [0.15, 0.2) is 164 Å². The molecule has 7 aromatic carbocycles. The van der Waals surface area contributed by atoms with E-state index in [0.29, 0.717) is 0 Å². The zero-order chi connectivity index (χ0) is 50.0. The Morgan fingerprint density at radius 1 is 0.375 bits per heavy atom. The molecule has 10 rings (SSSR count). The largest absolute Gasteiger partial charge is 0.299 e. The molecule has 6 heteroatoms. The molecule has 0 radical (unpaired) electrons. The van der Waals surface area contributed by atoms with Crippen LogP contribution in [0.1, 0.15) is 83.6 Å². The van der Waals surface area contributed by atoms with E-state index >= 15 is 0 Å². The van der Waals surface area contributed by atoms with E-state index in [2.05, 4.69) is 228 Å². The number of nitrogens with zero attached hydrogens (tertiary/aromatic N) is 6. The van der Waals surface area contributed by atoms with Crippen LogP contribution in [0.2, 0.25) is 0 Å². The van der Waals surface area contributed by atoms with Crippen molar-refractivity contribution in [1.82, 2.24) is 28.9 Å². The van der Waals surface area contributed by atoms with E-state index < -0.39 is 0 Å². The first kappa shape index (κ1) is 47.8. The lowest BCUT2D eigenvalue weighted by Gasteiger charge is -2.15. The molecule has 0 unspecified atom stereocenters. The SMILES string of the molecule is Cc1cc(C)c(-n2ccnc2-c2ccc(CCc3cc(CCc4ccc(-c5nccn5-c5c(C)cc(C)cc5C)cc4)cc(CCc4ccc(-n5nc(C)cc5-c5c(C)cccc5C)cc4)c3)cc2)c(C)c1. The summed E-state index contributed by atoms with van der Waals surface area (Å²) in [6.45, 7) is 19.5. The lowest BCUT2D eigenvalue weighted by Crippen LogP contribution is -2.03. The van der Waals surface area contributed by atoms with Crippen LogP contribution in [0, 0.1) is 62.3 Å². The van der Waals surface area contributed by atoms with E-state index in [1.807, 2.05) is 12.4 Å². The minimum absolute atomic E-state index is 0.961. The summed E-state index contributed by atoms with van der Waals surface area (Å²) in [6.07, 6.45) is 13.8. The van der Waals surface area contributed by atoms with Gasteiger partial charge in [0.25, 0.3) is 0 Å². The maximum Gasteiger partial charge on any atom is 0.144 e. The zero-order valence-corrected chi connectivity index (χ0v) is 43.5. The van der Waals surface area contributed by atoms with Gasteiger partial charge in [0.05, 0.1) is 28.5 Å². The topological polar surface area (TPSA) is 53.5 Å². The predicted octanol–water partition coefficient (Wildman–Crippen LogP) is 15.4. The summed E-state index contributed by atoms with van der Waals surface area (Å²) >= 11 is 0. The molecule has 10 aromatic rings. The van der Waals surface area contributed by atoms with E-state index in [4.69, 9.17) is 15.1 Å². The summed E-state index contributed by atoms with van der Waals surface area (Å²) in [4.78, 5) is 9.64. The molecule has 0 saturated heterocycles. The first-order chi connectivity index (χ1) is 34.8. The number of aromatic nitrogens is 6. The molecule has 0 N–H and O–H groups in total. The van der Waals surface area contributed by atoms with Crippen molar-refractivity contribution >= 4 is 0 Å². The molecule has 0 aliphatic rings. The van der Waals surface area contributed by atoms with Gasteiger partial charge in [-0.25, -0.2) is 14.6 Å². The van der Waals surface area contributed by atoms with Gasteiger partial charge in [-0.3, -0.25) is 9.13 Å². The lowest BCUT2D eigenvalue weighted by atomic mass is 9.94. The number of hydrogen-bond acceptors (Lipinski definition) is 3. The number of imidazole rings is 2. The van der Waals surface area contributed by atoms with Crippen molar-refractivity contribution in [3.8, 4) is 51.1 Å². The maximum absolute atomic E-state index is 4.95. The van der Waals surface area contributed by atoms with Crippen molar-refractivity contribution in [2.75, 3.05) is 0 Å². The fraction of sp³-hybridized carbons (Fsp3) is 0.227. The van der Waals surface area contributed by atoms with Gasteiger partial charge in [0.1, 0.15) is 11.6 Å². The fourth-order valence-corrected chi connectivity index (χ4v) is 11.2. The van der Waals surface area contributed by atoms with Gasteiger partial charge in [0.15, 0.2) is 0 Å². The van der Waals surface area contributed by atoms with Crippen LogP contribution < -0.4 is 0 Å². The molecule has 0 fully saturated rings. The standard InChI is InChI=1S/C66H66N6/c1-43-35-47(5)63(48(6)36-43)70-33-31-67-65(70)58-25-19-52(20-26-58)13-16-55-40-56(17-14-53-21-27-59(28-22-53)66-68-32-34-71(66)64-49(7)37-44(2)38-50(64)8)42-57(41-55)18-15-54-23-29-60(30-24-54)72-61(39-51(9)69-72)62-45(3)11-10-12-46(62)4/h10-12,19-42H,13-18H2,1-9H3. The van der Waals surface area contributed by atoms with Gasteiger partial charge in [-0.15, -0.1) is 0 Å². The lowest BCUT2D eigenvalue weighted by molar-refractivity contribution is 0.864. The first-order valence-corrected chi connectivity index (χ1v) is 25.6. The molecule has 0 aliphatic carbocycles. The Hall–Kier alpha value is -7.83. The average Bonchev–Trinajstić information content (AvgIpc) is 4.13. The van der Waals surface area contributed by atoms with Crippen LogP contribution in [0.5, 0.6) is 0 Å². The quantitative estimate of drug-likeness (QED) is 0.103. The highest BCUT2D eigenvalue weighted by molar-refractivity contribution is 5.70. The molecule has 3 heterocycles. The Kier molecular flexibility index (Phi) is 13.6. The Morgan fingerprint density at radius 3 is 1.15 bits per heavy atom. The third-order valence-corrected chi connectivity index (χ3v) is 14.4. The van der Waals surface area contributed by atoms with E-state index in [1.165, 1.54) is 94.8 Å². The molecular weight excluding hydrogens is 877 g/mol. The molecule has 6 nitrogen and oxygen atoms in total. The predicted molar refractivity (Wildman–Crippen MR) is 298 cm³/mol. The van der Waals surface area contributed by atoms with Gasteiger partial charge in [0.2, 0.25) is 0 Å². The summed E-state index contributed by atoms with van der Waals surface area (Å²) in [7, 11) is 0. The smallest absolute Gasteiger partial charge is 0.144 e. The Balaban J connectivity index is 0.870. The molecule has 0 spiro atoms. The molecule has 0 amide bonds. The van der Waals surface area contributed by atoms with Crippen molar-refractivity contribution in [2.24, 2.45) is 0 Å². The number of rotatable bonds is 15. The molecule has 0 bridgehead atoms. The van der Waals surface area contributed by atoms with E-state index in [9.17, 15) is 0 Å². The van der Waals surface area contributed by atoms with Crippen LogP contribution in [-0.4, -0.2) is 28.9 Å². The normalized spacial score (nSPS) is 11.5. The molecular formula is C66H66N6. The minimum Gasteiger partial charge on any atom is -0.299 e. The average molecular weight is 943 g/mol. The summed E-state index contributed by atoms with van der Waals surface area (Å²) in [5, 5.41) is 4.95. The maximum atomic E-state index is 4.95. The van der Waals surface area contributed by atoms with Crippen LogP contribution in [0.3, 0.4) is 0 Å². The first-order valence-electron chi connectivity index (χ1n) is 25.6. The fourth-order valence-electron chi connectivity index (χ4n) is 11.2.